The Labute approximate surface area is 119 Å². The maximum absolute atomic E-state index is 11.8. The van der Waals surface area contributed by atoms with Crippen LogP contribution in [0.1, 0.15) is 26.7 Å². The van der Waals surface area contributed by atoms with E-state index in [0.29, 0.717) is 30.9 Å². The van der Waals surface area contributed by atoms with Crippen LogP contribution in [0.25, 0.3) is 0 Å². The molecule has 0 aliphatic heterocycles. The minimum Gasteiger partial charge on any atom is -0.495 e. The van der Waals surface area contributed by atoms with Crippen molar-refractivity contribution >= 4 is 17.5 Å². The van der Waals surface area contributed by atoms with Gasteiger partial charge in [-0.25, -0.2) is 0 Å². The van der Waals surface area contributed by atoms with E-state index in [9.17, 15) is 9.59 Å². The second-order valence-electron chi connectivity index (χ2n) is 4.44. The van der Waals surface area contributed by atoms with Gasteiger partial charge in [0, 0.05) is 26.4 Å². The van der Waals surface area contributed by atoms with Crippen molar-refractivity contribution in [3.8, 4) is 5.75 Å². The first-order valence-corrected chi connectivity index (χ1v) is 6.78. The van der Waals surface area contributed by atoms with Crippen LogP contribution < -0.4 is 15.0 Å². The fourth-order valence-corrected chi connectivity index (χ4v) is 1.92. The Morgan fingerprint density at radius 2 is 2.00 bits per heavy atom. The average Bonchev–Trinajstić information content (AvgIpc) is 2.43. The topological polar surface area (TPSA) is 58.6 Å². The molecule has 0 aromatic heterocycles. The number of nitrogens with zero attached hydrogens (tertiary/aromatic N) is 1. The number of rotatable bonds is 7. The van der Waals surface area contributed by atoms with Crippen LogP contribution in [0.5, 0.6) is 5.75 Å². The zero-order valence-corrected chi connectivity index (χ0v) is 12.3. The molecule has 2 amide bonds. The first-order valence-electron chi connectivity index (χ1n) is 6.78. The van der Waals surface area contributed by atoms with E-state index in [1.165, 1.54) is 6.92 Å². The van der Waals surface area contributed by atoms with E-state index in [1.807, 2.05) is 25.1 Å². The van der Waals surface area contributed by atoms with Gasteiger partial charge in [0.05, 0.1) is 12.8 Å². The van der Waals surface area contributed by atoms with Crippen molar-refractivity contribution < 1.29 is 14.3 Å². The van der Waals surface area contributed by atoms with E-state index in [4.69, 9.17) is 4.74 Å². The Hall–Kier alpha value is -2.04. The zero-order valence-electron chi connectivity index (χ0n) is 12.3. The smallest absolute Gasteiger partial charge is 0.224 e. The van der Waals surface area contributed by atoms with Crippen molar-refractivity contribution in [2.24, 2.45) is 0 Å². The number of hydrogen-bond acceptors (Lipinski definition) is 3. The molecule has 1 aromatic carbocycles. The van der Waals surface area contributed by atoms with Gasteiger partial charge in [-0.1, -0.05) is 19.1 Å². The van der Waals surface area contributed by atoms with Crippen LogP contribution in [-0.2, 0) is 9.59 Å². The Bertz CT molecular complexity index is 460. The molecule has 1 aromatic rings. The predicted molar refractivity (Wildman–Crippen MR) is 78.9 cm³/mol. The van der Waals surface area contributed by atoms with Crippen molar-refractivity contribution in [1.82, 2.24) is 5.32 Å². The van der Waals surface area contributed by atoms with Crippen LogP contribution in [0.3, 0.4) is 0 Å². The lowest BCUT2D eigenvalue weighted by Crippen LogP contribution is -2.37. The number of para-hydroxylation sites is 2. The molecule has 0 aliphatic rings. The van der Waals surface area contributed by atoms with Crippen LogP contribution >= 0.6 is 0 Å². The summed E-state index contributed by atoms with van der Waals surface area (Å²) < 4.78 is 5.26. The van der Waals surface area contributed by atoms with Crippen LogP contribution in [-0.4, -0.2) is 32.0 Å². The normalized spacial score (nSPS) is 9.95. The number of benzene rings is 1. The molecule has 0 fully saturated rings. The molecule has 0 heterocycles. The van der Waals surface area contributed by atoms with Gasteiger partial charge in [-0.2, -0.15) is 0 Å². The van der Waals surface area contributed by atoms with Gasteiger partial charge in [0.25, 0.3) is 0 Å². The first kappa shape index (κ1) is 16.0. The van der Waals surface area contributed by atoms with E-state index >= 15 is 0 Å². The van der Waals surface area contributed by atoms with E-state index in [1.54, 1.807) is 18.1 Å². The highest BCUT2D eigenvalue weighted by Gasteiger charge is 2.15. The van der Waals surface area contributed by atoms with E-state index < -0.39 is 0 Å². The zero-order chi connectivity index (χ0) is 15.0. The quantitative estimate of drug-likeness (QED) is 0.829. The van der Waals surface area contributed by atoms with Gasteiger partial charge < -0.3 is 15.0 Å². The largest absolute Gasteiger partial charge is 0.495 e. The minimum absolute atomic E-state index is 0.0102. The Balaban J connectivity index is 2.70. The Morgan fingerprint density at radius 1 is 1.30 bits per heavy atom. The maximum Gasteiger partial charge on any atom is 0.224 e. The van der Waals surface area contributed by atoms with Gasteiger partial charge in [-0.3, -0.25) is 9.59 Å². The second kappa shape index (κ2) is 8.19. The molecule has 110 valence electrons. The molecule has 1 rings (SSSR count). The molecule has 0 bridgehead atoms. The molecule has 0 saturated carbocycles. The van der Waals surface area contributed by atoms with Crippen molar-refractivity contribution in [2.75, 3.05) is 25.1 Å². The van der Waals surface area contributed by atoms with Crippen molar-refractivity contribution in [2.45, 2.75) is 26.7 Å². The summed E-state index contributed by atoms with van der Waals surface area (Å²) in [5, 5.41) is 2.80. The fourth-order valence-electron chi connectivity index (χ4n) is 1.92. The van der Waals surface area contributed by atoms with Gasteiger partial charge >= 0.3 is 0 Å². The second-order valence-corrected chi connectivity index (χ2v) is 4.44. The van der Waals surface area contributed by atoms with E-state index in [-0.39, 0.29) is 11.8 Å². The number of nitrogens with one attached hydrogen (secondary N) is 1. The highest BCUT2D eigenvalue weighted by atomic mass is 16.5. The molecular formula is C15H22N2O3. The molecule has 0 aliphatic carbocycles. The summed E-state index contributed by atoms with van der Waals surface area (Å²) in [4.78, 5) is 24.8. The van der Waals surface area contributed by atoms with Crippen LogP contribution in [0.15, 0.2) is 24.3 Å². The molecule has 0 saturated heterocycles. The highest BCUT2D eigenvalue weighted by molar-refractivity contribution is 5.93. The van der Waals surface area contributed by atoms with Crippen LogP contribution in [0.2, 0.25) is 0 Å². The Kier molecular flexibility index (Phi) is 6.56. The van der Waals surface area contributed by atoms with E-state index in [0.717, 1.165) is 6.42 Å². The first-order chi connectivity index (χ1) is 9.60. The number of hydrogen-bond donors (Lipinski definition) is 1. The van der Waals surface area contributed by atoms with Crippen LogP contribution in [0.4, 0.5) is 5.69 Å². The third-order valence-corrected chi connectivity index (χ3v) is 2.89. The molecule has 20 heavy (non-hydrogen) atoms. The number of ether oxygens (including phenoxy) is 1. The summed E-state index contributed by atoms with van der Waals surface area (Å²) in [7, 11) is 1.57. The molecule has 0 radical (unpaired) electrons. The van der Waals surface area contributed by atoms with Crippen LogP contribution in [0, 0.1) is 0 Å². The summed E-state index contributed by atoms with van der Waals surface area (Å²) in [6.45, 7) is 4.30. The third-order valence-electron chi connectivity index (χ3n) is 2.89. The fraction of sp³-hybridized carbons (Fsp3) is 0.467. The predicted octanol–water partition coefficient (Wildman–Crippen LogP) is 1.96. The van der Waals surface area contributed by atoms with Crippen molar-refractivity contribution in [1.29, 1.82) is 0 Å². The third kappa shape index (κ3) is 4.57. The van der Waals surface area contributed by atoms with Gasteiger partial charge in [0.2, 0.25) is 11.8 Å². The summed E-state index contributed by atoms with van der Waals surface area (Å²) in [5.41, 5.74) is 0.715. The van der Waals surface area contributed by atoms with E-state index in [2.05, 4.69) is 5.32 Å². The van der Waals surface area contributed by atoms with Gasteiger partial charge in [-0.05, 0) is 18.6 Å². The van der Waals surface area contributed by atoms with Gasteiger partial charge in [0.1, 0.15) is 5.75 Å². The molecular weight excluding hydrogens is 256 g/mol. The number of carbonyl (C=O) groups is 2. The minimum atomic E-state index is -0.0840. The summed E-state index contributed by atoms with van der Waals surface area (Å²) in [6, 6.07) is 7.34. The molecule has 5 heteroatoms. The average molecular weight is 278 g/mol. The maximum atomic E-state index is 11.8. The number of anilines is 1. The lowest BCUT2D eigenvalue weighted by Gasteiger charge is -2.23. The Morgan fingerprint density at radius 3 is 2.60 bits per heavy atom. The summed E-state index contributed by atoms with van der Waals surface area (Å²) in [5.74, 6) is 0.567. The number of carbonyl (C=O) groups excluding carboxylic acids is 2. The monoisotopic (exact) mass is 278 g/mol. The highest BCUT2D eigenvalue weighted by Crippen LogP contribution is 2.27. The number of methoxy groups -OCH3 is 1. The molecule has 5 nitrogen and oxygen atoms in total. The lowest BCUT2D eigenvalue weighted by atomic mass is 10.2. The molecule has 1 N–H and O–H groups in total. The molecule has 0 spiro atoms. The van der Waals surface area contributed by atoms with Gasteiger partial charge in [0.15, 0.2) is 0 Å². The summed E-state index contributed by atoms with van der Waals surface area (Å²) >= 11 is 0. The summed E-state index contributed by atoms with van der Waals surface area (Å²) in [6.07, 6.45) is 1.32. The van der Waals surface area contributed by atoms with Crippen molar-refractivity contribution in [3.63, 3.8) is 0 Å². The lowest BCUT2D eigenvalue weighted by molar-refractivity contribution is -0.121. The SMILES string of the molecule is CCCC(=O)NCCN(C(C)=O)c1ccccc1OC. The standard InChI is InChI=1S/C15H22N2O3/c1-4-7-15(19)16-10-11-17(12(2)18)13-8-5-6-9-14(13)20-3/h5-6,8-9H,4,7,10-11H2,1-3H3,(H,16,19). The van der Waals surface area contributed by atoms with Gasteiger partial charge in [-0.15, -0.1) is 0 Å². The van der Waals surface area contributed by atoms with Crippen molar-refractivity contribution in [3.05, 3.63) is 24.3 Å². The number of amides is 2. The molecule has 0 atom stereocenters. The molecule has 0 unspecified atom stereocenters.